The first-order valence-corrected chi connectivity index (χ1v) is 5.35. The first kappa shape index (κ1) is 10.9. The summed E-state index contributed by atoms with van der Waals surface area (Å²) in [6.45, 7) is 6.70. The van der Waals surface area contributed by atoms with Crippen molar-refractivity contribution in [2.75, 3.05) is 0 Å². The van der Waals surface area contributed by atoms with Gasteiger partial charge in [-0.05, 0) is 31.9 Å². The molecule has 0 spiro atoms. The van der Waals surface area contributed by atoms with Gasteiger partial charge in [0.05, 0.1) is 6.20 Å². The third-order valence-electron chi connectivity index (χ3n) is 2.77. The lowest BCUT2D eigenvalue weighted by Gasteiger charge is -2.09. The van der Waals surface area contributed by atoms with Gasteiger partial charge in [-0.1, -0.05) is 22.9 Å². The minimum absolute atomic E-state index is 0.450. The van der Waals surface area contributed by atoms with Crippen molar-refractivity contribution in [3.8, 4) is 11.3 Å². The Labute approximate surface area is 95.3 Å². The molecule has 0 unspecified atom stereocenters. The van der Waals surface area contributed by atoms with Crippen LogP contribution < -0.4 is 5.73 Å². The van der Waals surface area contributed by atoms with Crippen LogP contribution in [0.4, 0.5) is 0 Å². The van der Waals surface area contributed by atoms with Gasteiger partial charge in [0.2, 0.25) is 0 Å². The molecule has 2 N–H and O–H groups in total. The van der Waals surface area contributed by atoms with Gasteiger partial charge in [0.1, 0.15) is 0 Å². The maximum absolute atomic E-state index is 5.66. The molecule has 1 heterocycles. The number of nitrogens with zero attached hydrogens (tertiary/aromatic N) is 1. The molecule has 2 rings (SSSR count). The molecule has 0 atom stereocenters. The smallest absolute Gasteiger partial charge is 0.171 e. The highest BCUT2D eigenvalue weighted by Crippen LogP contribution is 2.30. The summed E-state index contributed by atoms with van der Waals surface area (Å²) in [4.78, 5) is 0. The van der Waals surface area contributed by atoms with E-state index in [9.17, 15) is 0 Å². The van der Waals surface area contributed by atoms with Crippen LogP contribution >= 0.6 is 0 Å². The molecule has 0 fully saturated rings. The van der Waals surface area contributed by atoms with Gasteiger partial charge >= 0.3 is 0 Å². The molecule has 0 radical (unpaired) electrons. The molecule has 3 heteroatoms. The van der Waals surface area contributed by atoms with E-state index >= 15 is 0 Å². The van der Waals surface area contributed by atoms with E-state index in [1.165, 1.54) is 16.7 Å². The summed E-state index contributed by atoms with van der Waals surface area (Å²) in [5, 5.41) is 3.82. The average Bonchev–Trinajstić information content (AvgIpc) is 2.64. The highest BCUT2D eigenvalue weighted by molar-refractivity contribution is 5.69. The van der Waals surface area contributed by atoms with Crippen LogP contribution in [0.15, 0.2) is 22.9 Å². The number of aromatic nitrogens is 1. The van der Waals surface area contributed by atoms with Crippen LogP contribution in [0.3, 0.4) is 0 Å². The fraction of sp³-hybridized carbons (Fsp3) is 0.308. The van der Waals surface area contributed by atoms with Gasteiger partial charge in [-0.15, -0.1) is 0 Å². The molecule has 1 aromatic heterocycles. The zero-order valence-corrected chi connectivity index (χ0v) is 9.87. The highest BCUT2D eigenvalue weighted by atomic mass is 16.5. The Hall–Kier alpha value is -1.61. The second-order valence-corrected chi connectivity index (χ2v) is 4.16. The number of aryl methyl sites for hydroxylation is 3. The van der Waals surface area contributed by atoms with E-state index in [2.05, 4.69) is 38.1 Å². The zero-order chi connectivity index (χ0) is 11.7. The highest BCUT2D eigenvalue weighted by Gasteiger charge is 2.14. The molecule has 1 aromatic carbocycles. The maximum atomic E-state index is 5.66. The predicted octanol–water partition coefficient (Wildman–Crippen LogP) is 2.73. The Morgan fingerprint density at radius 1 is 1.19 bits per heavy atom. The number of benzene rings is 1. The third kappa shape index (κ3) is 1.74. The van der Waals surface area contributed by atoms with Gasteiger partial charge in [0.15, 0.2) is 5.76 Å². The maximum Gasteiger partial charge on any atom is 0.171 e. The van der Waals surface area contributed by atoms with Gasteiger partial charge < -0.3 is 10.3 Å². The molecule has 0 saturated heterocycles. The predicted molar refractivity (Wildman–Crippen MR) is 64.0 cm³/mol. The van der Waals surface area contributed by atoms with Crippen LogP contribution in [0.25, 0.3) is 11.3 Å². The number of nitrogens with two attached hydrogens (primary N) is 1. The van der Waals surface area contributed by atoms with Crippen LogP contribution in [0, 0.1) is 20.8 Å². The molecule has 2 aromatic rings. The molecule has 0 amide bonds. The standard InChI is InChI=1S/C13H16N2O/c1-8-4-9(2)12(10(3)5-8)13-11(6-14)7-15-16-13/h4-5,7H,6,14H2,1-3H3. The number of rotatable bonds is 2. The lowest BCUT2D eigenvalue weighted by atomic mass is 9.96. The number of hydrogen-bond donors (Lipinski definition) is 1. The van der Waals surface area contributed by atoms with Crippen molar-refractivity contribution in [2.45, 2.75) is 27.3 Å². The van der Waals surface area contributed by atoms with E-state index in [1.54, 1.807) is 6.20 Å². The van der Waals surface area contributed by atoms with E-state index in [1.807, 2.05) is 0 Å². The summed E-state index contributed by atoms with van der Waals surface area (Å²) in [5.74, 6) is 0.803. The van der Waals surface area contributed by atoms with E-state index < -0.39 is 0 Å². The summed E-state index contributed by atoms with van der Waals surface area (Å²) in [6.07, 6.45) is 1.69. The summed E-state index contributed by atoms with van der Waals surface area (Å²) in [7, 11) is 0. The SMILES string of the molecule is Cc1cc(C)c(-c2oncc2CN)c(C)c1. The van der Waals surface area contributed by atoms with E-state index in [0.29, 0.717) is 6.54 Å². The largest absolute Gasteiger partial charge is 0.356 e. The topological polar surface area (TPSA) is 52.0 Å². The summed E-state index contributed by atoms with van der Waals surface area (Å²) in [6, 6.07) is 4.29. The van der Waals surface area contributed by atoms with Crippen molar-refractivity contribution in [3.05, 3.63) is 40.6 Å². The lowest BCUT2D eigenvalue weighted by molar-refractivity contribution is 0.431. The minimum atomic E-state index is 0.450. The molecule has 0 saturated carbocycles. The van der Waals surface area contributed by atoms with Crippen molar-refractivity contribution in [3.63, 3.8) is 0 Å². The Kier molecular flexibility index (Phi) is 2.79. The average molecular weight is 216 g/mol. The van der Waals surface area contributed by atoms with Gasteiger partial charge in [-0.3, -0.25) is 0 Å². The van der Waals surface area contributed by atoms with E-state index in [0.717, 1.165) is 16.9 Å². The molecule has 16 heavy (non-hydrogen) atoms. The molecule has 0 aliphatic rings. The fourth-order valence-corrected chi connectivity index (χ4v) is 2.15. The Balaban J connectivity index is 2.64. The molecule has 84 valence electrons. The zero-order valence-electron chi connectivity index (χ0n) is 9.87. The molecule has 0 bridgehead atoms. The summed E-state index contributed by atoms with van der Waals surface area (Å²) >= 11 is 0. The first-order valence-electron chi connectivity index (χ1n) is 5.35. The fourth-order valence-electron chi connectivity index (χ4n) is 2.15. The number of hydrogen-bond acceptors (Lipinski definition) is 3. The minimum Gasteiger partial charge on any atom is -0.356 e. The summed E-state index contributed by atoms with van der Waals surface area (Å²) in [5.41, 5.74) is 11.4. The molecular formula is C13H16N2O. The quantitative estimate of drug-likeness (QED) is 0.839. The van der Waals surface area contributed by atoms with Gasteiger partial charge in [0.25, 0.3) is 0 Å². The normalized spacial score (nSPS) is 10.8. The van der Waals surface area contributed by atoms with Crippen molar-refractivity contribution in [1.29, 1.82) is 0 Å². The molecule has 3 nitrogen and oxygen atoms in total. The van der Waals surface area contributed by atoms with E-state index in [-0.39, 0.29) is 0 Å². The van der Waals surface area contributed by atoms with Crippen molar-refractivity contribution >= 4 is 0 Å². The van der Waals surface area contributed by atoms with E-state index in [4.69, 9.17) is 10.3 Å². The van der Waals surface area contributed by atoms with Crippen molar-refractivity contribution in [1.82, 2.24) is 5.16 Å². The second-order valence-electron chi connectivity index (χ2n) is 4.16. The van der Waals surface area contributed by atoms with Crippen LogP contribution in [-0.2, 0) is 6.54 Å². The van der Waals surface area contributed by atoms with Gasteiger partial charge in [0, 0.05) is 17.7 Å². The molecular weight excluding hydrogens is 200 g/mol. The van der Waals surface area contributed by atoms with Gasteiger partial charge in [-0.2, -0.15) is 0 Å². The van der Waals surface area contributed by atoms with Gasteiger partial charge in [-0.25, -0.2) is 0 Å². The monoisotopic (exact) mass is 216 g/mol. The van der Waals surface area contributed by atoms with Crippen LogP contribution in [0.1, 0.15) is 22.3 Å². The van der Waals surface area contributed by atoms with Crippen molar-refractivity contribution in [2.24, 2.45) is 5.73 Å². The molecule has 0 aliphatic heterocycles. The molecule has 0 aliphatic carbocycles. The van der Waals surface area contributed by atoms with Crippen molar-refractivity contribution < 1.29 is 4.52 Å². The summed E-state index contributed by atoms with van der Waals surface area (Å²) < 4.78 is 5.31. The Morgan fingerprint density at radius 2 is 1.81 bits per heavy atom. The Morgan fingerprint density at radius 3 is 2.38 bits per heavy atom. The van der Waals surface area contributed by atoms with Crippen LogP contribution in [0.2, 0.25) is 0 Å². The third-order valence-corrected chi connectivity index (χ3v) is 2.77. The lowest BCUT2D eigenvalue weighted by Crippen LogP contribution is -1.98. The second kappa shape index (κ2) is 4.10. The van der Waals surface area contributed by atoms with Crippen LogP contribution in [-0.4, -0.2) is 5.16 Å². The first-order chi connectivity index (χ1) is 7.63. The van der Waals surface area contributed by atoms with Crippen LogP contribution in [0.5, 0.6) is 0 Å². The Bertz CT molecular complexity index is 491.